The molecular formula is C26H31N3O4. The Bertz CT molecular complexity index is 982. The number of hydrogen-bond acceptors (Lipinski definition) is 4. The van der Waals surface area contributed by atoms with Gasteiger partial charge in [-0.05, 0) is 61.3 Å². The van der Waals surface area contributed by atoms with Crippen LogP contribution in [-0.2, 0) is 22.6 Å². The van der Waals surface area contributed by atoms with Gasteiger partial charge in [0.25, 0.3) is 5.91 Å². The number of benzene rings is 2. The van der Waals surface area contributed by atoms with E-state index >= 15 is 0 Å². The van der Waals surface area contributed by atoms with Crippen molar-refractivity contribution < 1.29 is 19.1 Å². The number of hydrogen-bond donors (Lipinski definition) is 2. The van der Waals surface area contributed by atoms with Gasteiger partial charge in [-0.1, -0.05) is 49.4 Å². The first-order valence-electron chi connectivity index (χ1n) is 11.6. The number of rotatable bonds is 8. The Morgan fingerprint density at radius 2 is 1.76 bits per heavy atom. The van der Waals surface area contributed by atoms with Crippen molar-refractivity contribution >= 4 is 17.8 Å². The highest BCUT2D eigenvalue weighted by Gasteiger charge is 2.52. The summed E-state index contributed by atoms with van der Waals surface area (Å²) in [5, 5.41) is 5.66. The number of imide groups is 1. The Kier molecular flexibility index (Phi) is 6.96. The van der Waals surface area contributed by atoms with E-state index in [0.717, 1.165) is 34.6 Å². The number of nitrogens with zero attached hydrogens (tertiary/aromatic N) is 1. The third kappa shape index (κ3) is 5.53. The van der Waals surface area contributed by atoms with E-state index in [1.54, 1.807) is 0 Å². The first kappa shape index (κ1) is 22.8. The first-order valence-corrected chi connectivity index (χ1v) is 11.6. The van der Waals surface area contributed by atoms with Gasteiger partial charge in [0.05, 0.1) is 0 Å². The molecule has 1 aliphatic carbocycles. The molecule has 1 spiro atoms. The van der Waals surface area contributed by atoms with E-state index in [0.29, 0.717) is 38.3 Å². The zero-order valence-corrected chi connectivity index (χ0v) is 19.0. The van der Waals surface area contributed by atoms with Gasteiger partial charge in [0, 0.05) is 6.54 Å². The maximum Gasteiger partial charge on any atom is 0.325 e. The summed E-state index contributed by atoms with van der Waals surface area (Å²) in [4.78, 5) is 38.6. The summed E-state index contributed by atoms with van der Waals surface area (Å²) in [5.41, 5.74) is 1.36. The standard InChI is InChI=1S/C26H31N3O4/c1-19-11-14-26(15-12-19)24(31)29(25(32)28-26)17-23(30)27-16-13-20-7-9-22(10-8-20)33-18-21-5-3-2-4-6-21/h2-10,19H,11-18H2,1H3,(H,27,30)(H,28,32). The lowest BCUT2D eigenvalue weighted by molar-refractivity contribution is -0.136. The third-order valence-electron chi connectivity index (χ3n) is 6.58. The SMILES string of the molecule is CC1CCC2(CC1)NC(=O)N(CC(=O)NCCc1ccc(OCc3ccccc3)cc1)C2=O. The van der Waals surface area contributed by atoms with Crippen LogP contribution in [0.25, 0.3) is 0 Å². The minimum absolute atomic E-state index is 0.242. The average Bonchev–Trinajstić information content (AvgIpc) is 3.05. The van der Waals surface area contributed by atoms with Crippen LogP contribution in [0.4, 0.5) is 4.79 Å². The van der Waals surface area contributed by atoms with Crippen LogP contribution in [0.15, 0.2) is 54.6 Å². The van der Waals surface area contributed by atoms with Gasteiger partial charge in [0.2, 0.25) is 5.91 Å². The number of carbonyl (C=O) groups is 3. The average molecular weight is 450 g/mol. The molecule has 0 bridgehead atoms. The lowest BCUT2D eigenvalue weighted by atomic mass is 9.77. The van der Waals surface area contributed by atoms with E-state index in [-0.39, 0.29) is 18.4 Å². The second kappa shape index (κ2) is 10.1. The second-order valence-corrected chi connectivity index (χ2v) is 9.10. The van der Waals surface area contributed by atoms with Crippen molar-refractivity contribution in [3.63, 3.8) is 0 Å². The van der Waals surface area contributed by atoms with Crippen LogP contribution in [0.5, 0.6) is 5.75 Å². The fraction of sp³-hybridized carbons (Fsp3) is 0.423. The van der Waals surface area contributed by atoms with E-state index < -0.39 is 11.6 Å². The van der Waals surface area contributed by atoms with Gasteiger partial charge in [-0.15, -0.1) is 0 Å². The maximum absolute atomic E-state index is 12.9. The zero-order valence-electron chi connectivity index (χ0n) is 19.0. The van der Waals surface area contributed by atoms with Crippen molar-refractivity contribution in [3.8, 4) is 5.75 Å². The third-order valence-corrected chi connectivity index (χ3v) is 6.58. The molecule has 0 aromatic heterocycles. The molecule has 174 valence electrons. The van der Waals surface area contributed by atoms with Crippen molar-refractivity contribution in [1.82, 2.24) is 15.5 Å². The van der Waals surface area contributed by atoms with E-state index in [1.165, 1.54) is 0 Å². The van der Waals surface area contributed by atoms with Crippen LogP contribution in [-0.4, -0.2) is 41.4 Å². The molecule has 1 aliphatic heterocycles. The van der Waals surface area contributed by atoms with Gasteiger partial charge in [0.1, 0.15) is 24.4 Å². The van der Waals surface area contributed by atoms with Gasteiger partial charge < -0.3 is 15.4 Å². The molecule has 1 heterocycles. The molecule has 4 rings (SSSR count). The summed E-state index contributed by atoms with van der Waals surface area (Å²) in [5.74, 6) is 0.751. The Morgan fingerprint density at radius 1 is 1.06 bits per heavy atom. The van der Waals surface area contributed by atoms with Gasteiger partial charge in [-0.3, -0.25) is 14.5 Å². The van der Waals surface area contributed by atoms with Crippen LogP contribution in [0, 0.1) is 5.92 Å². The molecule has 0 atom stereocenters. The lowest BCUT2D eigenvalue weighted by Crippen LogP contribution is -2.50. The molecule has 1 saturated heterocycles. The van der Waals surface area contributed by atoms with Gasteiger partial charge in [-0.2, -0.15) is 0 Å². The second-order valence-electron chi connectivity index (χ2n) is 9.10. The molecule has 33 heavy (non-hydrogen) atoms. The normalized spacial score (nSPS) is 22.3. The van der Waals surface area contributed by atoms with Crippen molar-refractivity contribution in [1.29, 1.82) is 0 Å². The number of urea groups is 1. The van der Waals surface area contributed by atoms with Crippen molar-refractivity contribution in [2.24, 2.45) is 5.92 Å². The van der Waals surface area contributed by atoms with E-state index in [1.807, 2.05) is 54.6 Å². The first-order chi connectivity index (χ1) is 15.9. The predicted molar refractivity (Wildman–Crippen MR) is 125 cm³/mol. The summed E-state index contributed by atoms with van der Waals surface area (Å²) >= 11 is 0. The molecule has 2 aliphatic rings. The Balaban J connectivity index is 1.20. The highest BCUT2D eigenvalue weighted by atomic mass is 16.5. The lowest BCUT2D eigenvalue weighted by Gasteiger charge is -2.33. The van der Waals surface area contributed by atoms with Crippen LogP contribution < -0.4 is 15.4 Å². The molecule has 1 saturated carbocycles. The smallest absolute Gasteiger partial charge is 0.325 e. The Labute approximate surface area is 194 Å². The molecular weight excluding hydrogens is 418 g/mol. The molecule has 0 unspecified atom stereocenters. The molecule has 2 N–H and O–H groups in total. The Morgan fingerprint density at radius 3 is 2.45 bits per heavy atom. The van der Waals surface area contributed by atoms with E-state index in [2.05, 4.69) is 17.6 Å². The molecule has 7 nitrogen and oxygen atoms in total. The van der Waals surface area contributed by atoms with Crippen LogP contribution in [0.3, 0.4) is 0 Å². The fourth-order valence-electron chi connectivity index (χ4n) is 4.45. The molecule has 4 amide bonds. The summed E-state index contributed by atoms with van der Waals surface area (Å²) in [6, 6.07) is 17.3. The molecule has 2 aromatic carbocycles. The quantitative estimate of drug-likeness (QED) is 0.605. The summed E-state index contributed by atoms with van der Waals surface area (Å²) < 4.78 is 5.79. The van der Waals surface area contributed by atoms with Crippen molar-refractivity contribution in [2.45, 2.75) is 51.2 Å². The number of nitrogens with one attached hydrogen (secondary N) is 2. The highest BCUT2D eigenvalue weighted by molar-refractivity contribution is 6.09. The topological polar surface area (TPSA) is 87.7 Å². The van der Waals surface area contributed by atoms with Crippen LogP contribution in [0.1, 0.15) is 43.7 Å². The molecule has 2 fully saturated rings. The molecule has 2 aromatic rings. The predicted octanol–water partition coefficient (Wildman–Crippen LogP) is 3.43. The van der Waals surface area contributed by atoms with Crippen LogP contribution >= 0.6 is 0 Å². The number of amides is 4. The van der Waals surface area contributed by atoms with Crippen molar-refractivity contribution in [3.05, 3.63) is 65.7 Å². The fourth-order valence-corrected chi connectivity index (χ4v) is 4.45. The van der Waals surface area contributed by atoms with Gasteiger partial charge >= 0.3 is 6.03 Å². The largest absolute Gasteiger partial charge is 0.489 e. The monoisotopic (exact) mass is 449 g/mol. The van der Waals surface area contributed by atoms with E-state index in [4.69, 9.17) is 4.74 Å². The number of ether oxygens (including phenoxy) is 1. The minimum atomic E-state index is -0.811. The Hall–Kier alpha value is -3.35. The summed E-state index contributed by atoms with van der Waals surface area (Å²) in [6.45, 7) is 2.85. The summed E-state index contributed by atoms with van der Waals surface area (Å²) in [7, 11) is 0. The van der Waals surface area contributed by atoms with Crippen molar-refractivity contribution in [2.75, 3.05) is 13.1 Å². The van der Waals surface area contributed by atoms with Crippen LogP contribution in [0.2, 0.25) is 0 Å². The highest BCUT2D eigenvalue weighted by Crippen LogP contribution is 2.36. The number of carbonyl (C=O) groups excluding carboxylic acids is 3. The summed E-state index contributed by atoms with van der Waals surface area (Å²) in [6.07, 6.45) is 3.74. The van der Waals surface area contributed by atoms with Gasteiger partial charge in [0.15, 0.2) is 0 Å². The van der Waals surface area contributed by atoms with E-state index in [9.17, 15) is 14.4 Å². The molecule has 7 heteroatoms. The van der Waals surface area contributed by atoms with Gasteiger partial charge in [-0.25, -0.2) is 4.79 Å². The minimum Gasteiger partial charge on any atom is -0.489 e. The zero-order chi connectivity index (χ0) is 23.3. The molecule has 0 radical (unpaired) electrons. The maximum atomic E-state index is 12.9.